The molecule has 0 aliphatic rings. The van der Waals surface area contributed by atoms with Gasteiger partial charge in [0.2, 0.25) is 0 Å². The van der Waals surface area contributed by atoms with Gasteiger partial charge in [-0.1, -0.05) is 13.0 Å². The van der Waals surface area contributed by atoms with Crippen molar-refractivity contribution in [2.45, 2.75) is 13.5 Å². The molecule has 1 heterocycles. The third-order valence-corrected chi connectivity index (χ3v) is 3.88. The van der Waals surface area contributed by atoms with Crippen molar-refractivity contribution >= 4 is 17.1 Å². The second-order valence-corrected chi connectivity index (χ2v) is 5.47. The molecule has 2 rings (SSSR count). The minimum atomic E-state index is -0.989. The number of thiophene rings is 1. The molecular formula is C15H15F2NOS. The molecule has 0 bridgehead atoms. The summed E-state index contributed by atoms with van der Waals surface area (Å²) in [4.78, 5) is 15.2. The van der Waals surface area contributed by atoms with Crippen molar-refractivity contribution in [3.8, 4) is 0 Å². The second kappa shape index (κ2) is 6.72. The van der Waals surface area contributed by atoms with Gasteiger partial charge in [0.05, 0.1) is 6.54 Å². The molecule has 0 aliphatic heterocycles. The standard InChI is InChI=1S/C15H15F2NOS/c1-2-18(9-12-4-3-7-20-12)10-15(19)11-5-6-13(16)14(17)8-11/h3-8H,2,9-10H2,1H3. The highest BCUT2D eigenvalue weighted by molar-refractivity contribution is 7.09. The van der Waals surface area contributed by atoms with Gasteiger partial charge >= 0.3 is 0 Å². The average molecular weight is 295 g/mol. The Morgan fingerprint density at radius 2 is 2.05 bits per heavy atom. The van der Waals surface area contributed by atoms with E-state index in [2.05, 4.69) is 0 Å². The number of carbonyl (C=O) groups excluding carboxylic acids is 1. The lowest BCUT2D eigenvalue weighted by atomic mass is 10.1. The van der Waals surface area contributed by atoms with E-state index in [9.17, 15) is 13.6 Å². The Hall–Kier alpha value is -1.59. The molecule has 0 saturated heterocycles. The summed E-state index contributed by atoms with van der Waals surface area (Å²) in [5.74, 6) is -2.13. The van der Waals surface area contributed by atoms with E-state index in [1.807, 2.05) is 29.3 Å². The van der Waals surface area contributed by atoms with Crippen LogP contribution in [0.15, 0.2) is 35.7 Å². The number of hydrogen-bond acceptors (Lipinski definition) is 3. The highest BCUT2D eigenvalue weighted by Gasteiger charge is 2.14. The van der Waals surface area contributed by atoms with E-state index in [4.69, 9.17) is 0 Å². The average Bonchev–Trinajstić information content (AvgIpc) is 2.93. The molecule has 0 radical (unpaired) electrons. The Labute approximate surface area is 120 Å². The molecular weight excluding hydrogens is 280 g/mol. The van der Waals surface area contributed by atoms with Crippen molar-refractivity contribution in [1.82, 2.24) is 4.90 Å². The Balaban J connectivity index is 2.03. The number of carbonyl (C=O) groups is 1. The van der Waals surface area contributed by atoms with Crippen LogP contribution in [0.3, 0.4) is 0 Å². The van der Waals surface area contributed by atoms with Crippen molar-refractivity contribution in [2.75, 3.05) is 13.1 Å². The van der Waals surface area contributed by atoms with Gasteiger partial charge in [-0.15, -0.1) is 11.3 Å². The van der Waals surface area contributed by atoms with Gasteiger partial charge in [0, 0.05) is 17.0 Å². The molecule has 106 valence electrons. The van der Waals surface area contributed by atoms with Gasteiger partial charge < -0.3 is 0 Å². The predicted octanol–water partition coefficient (Wildman–Crippen LogP) is 3.73. The Bertz CT molecular complexity index is 584. The first-order valence-corrected chi connectivity index (χ1v) is 7.21. The first-order valence-electron chi connectivity index (χ1n) is 6.33. The lowest BCUT2D eigenvalue weighted by molar-refractivity contribution is 0.0929. The maximum Gasteiger partial charge on any atom is 0.176 e. The van der Waals surface area contributed by atoms with Crippen LogP contribution in [0.5, 0.6) is 0 Å². The molecule has 0 N–H and O–H groups in total. The maximum atomic E-state index is 13.1. The maximum absolute atomic E-state index is 13.1. The first kappa shape index (κ1) is 14.8. The Morgan fingerprint density at radius 1 is 1.25 bits per heavy atom. The molecule has 2 nitrogen and oxygen atoms in total. The number of halogens is 2. The number of hydrogen-bond donors (Lipinski definition) is 0. The summed E-state index contributed by atoms with van der Waals surface area (Å²) in [5, 5.41) is 1.99. The SMILES string of the molecule is CCN(CC(=O)c1ccc(F)c(F)c1)Cc1cccs1. The first-order chi connectivity index (χ1) is 9.60. The second-order valence-electron chi connectivity index (χ2n) is 4.43. The fraction of sp³-hybridized carbons (Fsp3) is 0.267. The van der Waals surface area contributed by atoms with Crippen molar-refractivity contribution in [2.24, 2.45) is 0 Å². The van der Waals surface area contributed by atoms with Gasteiger partial charge in [-0.3, -0.25) is 9.69 Å². The number of likely N-dealkylation sites (N-methyl/N-ethyl adjacent to an activating group) is 1. The number of nitrogens with zero attached hydrogens (tertiary/aromatic N) is 1. The largest absolute Gasteiger partial charge is 0.293 e. The van der Waals surface area contributed by atoms with Crippen LogP contribution >= 0.6 is 11.3 Å². The molecule has 1 aromatic carbocycles. The highest BCUT2D eigenvalue weighted by atomic mass is 32.1. The van der Waals surface area contributed by atoms with Crippen LogP contribution < -0.4 is 0 Å². The van der Waals surface area contributed by atoms with Crippen molar-refractivity contribution in [3.05, 3.63) is 57.8 Å². The molecule has 1 aromatic heterocycles. The van der Waals surface area contributed by atoms with E-state index in [1.165, 1.54) is 10.9 Å². The zero-order valence-corrected chi connectivity index (χ0v) is 11.9. The monoisotopic (exact) mass is 295 g/mol. The van der Waals surface area contributed by atoms with Crippen LogP contribution in [0.25, 0.3) is 0 Å². The summed E-state index contributed by atoms with van der Waals surface area (Å²) in [6, 6.07) is 7.23. The van der Waals surface area contributed by atoms with E-state index in [1.54, 1.807) is 11.3 Å². The van der Waals surface area contributed by atoms with Crippen LogP contribution in [0.2, 0.25) is 0 Å². The predicted molar refractivity (Wildman–Crippen MR) is 76.0 cm³/mol. The van der Waals surface area contributed by atoms with Crippen LogP contribution in [-0.4, -0.2) is 23.8 Å². The number of ketones is 1. The molecule has 0 saturated carbocycles. The zero-order valence-electron chi connectivity index (χ0n) is 11.1. The van der Waals surface area contributed by atoms with Crippen LogP contribution in [0.4, 0.5) is 8.78 Å². The molecule has 0 fully saturated rings. The minimum absolute atomic E-state index is 0.194. The lowest BCUT2D eigenvalue weighted by Gasteiger charge is -2.18. The molecule has 2 aromatic rings. The van der Waals surface area contributed by atoms with E-state index in [0.29, 0.717) is 13.1 Å². The van der Waals surface area contributed by atoms with Gasteiger partial charge in [-0.05, 0) is 36.2 Å². The van der Waals surface area contributed by atoms with E-state index < -0.39 is 11.6 Å². The summed E-state index contributed by atoms with van der Waals surface area (Å²) in [5.41, 5.74) is 0.202. The third kappa shape index (κ3) is 3.71. The summed E-state index contributed by atoms with van der Waals surface area (Å²) in [7, 11) is 0. The lowest BCUT2D eigenvalue weighted by Crippen LogP contribution is -2.29. The summed E-state index contributed by atoms with van der Waals surface area (Å²) < 4.78 is 26.0. The van der Waals surface area contributed by atoms with Gasteiger partial charge in [0.15, 0.2) is 17.4 Å². The fourth-order valence-electron chi connectivity index (χ4n) is 1.87. The summed E-state index contributed by atoms with van der Waals surface area (Å²) in [6.45, 7) is 3.56. The third-order valence-electron chi connectivity index (χ3n) is 3.02. The van der Waals surface area contributed by atoms with Crippen molar-refractivity contribution < 1.29 is 13.6 Å². The molecule has 0 aliphatic carbocycles. The van der Waals surface area contributed by atoms with Crippen LogP contribution in [0, 0.1) is 11.6 Å². The molecule has 0 atom stereocenters. The topological polar surface area (TPSA) is 20.3 Å². The highest BCUT2D eigenvalue weighted by Crippen LogP contribution is 2.13. The van der Waals surface area contributed by atoms with Gasteiger partial charge in [-0.2, -0.15) is 0 Å². The Kier molecular flexibility index (Phi) is 4.98. The molecule has 0 amide bonds. The van der Waals surface area contributed by atoms with Gasteiger partial charge in [0.25, 0.3) is 0 Å². The summed E-state index contributed by atoms with van der Waals surface area (Å²) >= 11 is 1.63. The van der Waals surface area contributed by atoms with Gasteiger partial charge in [0.1, 0.15) is 0 Å². The molecule has 5 heteroatoms. The normalized spacial score (nSPS) is 11.0. The number of benzene rings is 1. The summed E-state index contributed by atoms with van der Waals surface area (Å²) in [6.07, 6.45) is 0. The van der Waals surface area contributed by atoms with Crippen molar-refractivity contribution in [1.29, 1.82) is 0 Å². The zero-order chi connectivity index (χ0) is 14.5. The van der Waals surface area contributed by atoms with Gasteiger partial charge in [-0.25, -0.2) is 8.78 Å². The van der Waals surface area contributed by atoms with E-state index in [0.717, 1.165) is 12.1 Å². The van der Waals surface area contributed by atoms with E-state index >= 15 is 0 Å². The fourth-order valence-corrected chi connectivity index (χ4v) is 2.61. The molecule has 20 heavy (non-hydrogen) atoms. The molecule has 0 unspecified atom stereocenters. The number of Topliss-reactive ketones (excluding diaryl/α,β-unsaturated/α-hetero) is 1. The van der Waals surface area contributed by atoms with Crippen LogP contribution in [0.1, 0.15) is 22.2 Å². The molecule has 0 spiro atoms. The van der Waals surface area contributed by atoms with Crippen molar-refractivity contribution in [3.63, 3.8) is 0 Å². The Morgan fingerprint density at radius 3 is 2.65 bits per heavy atom. The number of rotatable bonds is 6. The minimum Gasteiger partial charge on any atom is -0.293 e. The van der Waals surface area contributed by atoms with Crippen LogP contribution in [-0.2, 0) is 6.54 Å². The van der Waals surface area contributed by atoms with E-state index in [-0.39, 0.29) is 17.9 Å². The quantitative estimate of drug-likeness (QED) is 0.757. The smallest absolute Gasteiger partial charge is 0.176 e.